The molecule has 3 nitrogen and oxygen atoms in total. The molecule has 8 heteroatoms. The highest BCUT2D eigenvalue weighted by atomic mass is 19.3. The van der Waals surface area contributed by atoms with E-state index < -0.39 is 47.1 Å². The first kappa shape index (κ1) is 16.4. The van der Waals surface area contributed by atoms with Crippen LogP contribution in [-0.4, -0.2) is 24.4 Å². The van der Waals surface area contributed by atoms with E-state index in [1.165, 1.54) is 6.08 Å². The van der Waals surface area contributed by atoms with Crippen molar-refractivity contribution in [1.29, 1.82) is 0 Å². The van der Waals surface area contributed by atoms with Crippen LogP contribution in [0.25, 0.3) is 0 Å². The summed E-state index contributed by atoms with van der Waals surface area (Å²) in [7, 11) is 0. The molecule has 112 valence electrons. The van der Waals surface area contributed by atoms with Crippen LogP contribution in [0.5, 0.6) is 5.75 Å². The number of rotatable bonds is 7. The Morgan fingerprint density at radius 1 is 1.10 bits per heavy atom. The first-order chi connectivity index (χ1) is 9.43. The second-order valence-electron chi connectivity index (χ2n) is 3.82. The Balaban J connectivity index is 3.02. The summed E-state index contributed by atoms with van der Waals surface area (Å²) < 4.78 is 69.5. The van der Waals surface area contributed by atoms with E-state index in [9.17, 15) is 27.2 Å². The van der Waals surface area contributed by atoms with E-state index >= 15 is 0 Å². The molecule has 0 aliphatic rings. The average molecular weight is 298 g/mol. The zero-order valence-corrected chi connectivity index (χ0v) is 10.1. The summed E-state index contributed by atoms with van der Waals surface area (Å²) in [6, 6.07) is 0. The Morgan fingerprint density at radius 3 is 2.25 bits per heavy atom. The molecule has 0 amide bonds. The number of hydrogen-bond donors (Lipinski definition) is 1. The molecule has 1 rings (SSSR count). The second kappa shape index (κ2) is 7.20. The lowest BCUT2D eigenvalue weighted by atomic mass is 10.1. The van der Waals surface area contributed by atoms with Crippen molar-refractivity contribution in [1.82, 2.24) is 0 Å². The van der Waals surface area contributed by atoms with Crippen molar-refractivity contribution in [2.45, 2.75) is 12.5 Å². The number of ether oxygens (including phenoxy) is 1. The minimum absolute atomic E-state index is 0.0815. The van der Waals surface area contributed by atoms with E-state index in [-0.39, 0.29) is 13.2 Å². The normalized spacial score (nSPS) is 12.3. The van der Waals surface area contributed by atoms with E-state index in [1.54, 1.807) is 0 Å². The topological polar surface area (TPSA) is 38.7 Å². The molecule has 0 saturated carbocycles. The predicted octanol–water partition coefficient (Wildman–Crippen LogP) is 2.61. The van der Waals surface area contributed by atoms with Gasteiger partial charge in [-0.1, -0.05) is 6.08 Å². The molecule has 0 radical (unpaired) electrons. The smallest absolute Gasteiger partial charge is 0.216 e. The fourth-order valence-electron chi connectivity index (χ4n) is 1.50. The number of halogens is 5. The molecular weight excluding hydrogens is 287 g/mol. The van der Waals surface area contributed by atoms with Crippen LogP contribution in [0.15, 0.2) is 12.7 Å². The molecule has 0 saturated heterocycles. The van der Waals surface area contributed by atoms with Crippen molar-refractivity contribution < 1.29 is 36.9 Å². The van der Waals surface area contributed by atoms with Gasteiger partial charge in [0.25, 0.3) is 0 Å². The molecule has 0 fully saturated rings. The van der Waals surface area contributed by atoms with Crippen LogP contribution in [0, 0.1) is 23.3 Å². The monoisotopic (exact) mass is 298 g/mol. The van der Waals surface area contributed by atoms with Crippen LogP contribution in [0.4, 0.5) is 22.1 Å². The summed E-state index contributed by atoms with van der Waals surface area (Å²) >= 11 is 0. The molecule has 0 aliphatic heterocycles. The second-order valence-corrected chi connectivity index (χ2v) is 3.82. The lowest BCUT2D eigenvalue weighted by molar-refractivity contribution is -0.0150. The molecule has 1 N–H and O–H groups in total. The Kier molecular flexibility index (Phi) is 5.90. The number of aliphatic hydroxyl groups excluding tert-OH is 1. The summed E-state index contributed by atoms with van der Waals surface area (Å²) in [6.07, 6.45) is -0.751. The third kappa shape index (κ3) is 3.45. The van der Waals surface area contributed by atoms with Crippen molar-refractivity contribution >= 4 is 0 Å². The Labute approximate surface area is 111 Å². The van der Waals surface area contributed by atoms with Gasteiger partial charge >= 0.3 is 0 Å². The molecule has 0 aromatic heterocycles. The Hall–Kier alpha value is -1.67. The lowest BCUT2D eigenvalue weighted by Crippen LogP contribution is -2.20. The Bertz CT molecular complexity index is 493. The maximum Gasteiger partial charge on any atom is 0.216 e. The zero-order valence-electron chi connectivity index (χ0n) is 10.1. The maximum absolute atomic E-state index is 13.4. The Morgan fingerprint density at radius 2 is 1.70 bits per heavy atom. The van der Waals surface area contributed by atoms with Crippen LogP contribution in [-0.2, 0) is 11.2 Å². The lowest BCUT2D eigenvalue weighted by Gasteiger charge is -2.14. The van der Waals surface area contributed by atoms with E-state index in [2.05, 4.69) is 11.5 Å². The number of benzene rings is 1. The largest absolute Gasteiger partial charge is 0.390 e. The molecule has 1 atom stereocenters. The van der Waals surface area contributed by atoms with Gasteiger partial charge in [-0.05, 0) is 0 Å². The number of hydrogen-bond acceptors (Lipinski definition) is 3. The first-order valence-corrected chi connectivity index (χ1v) is 5.44. The summed E-state index contributed by atoms with van der Waals surface area (Å²) in [6.45, 7) is 3.10. The summed E-state index contributed by atoms with van der Waals surface area (Å²) in [5.74, 6) is -9.60. The fourth-order valence-corrected chi connectivity index (χ4v) is 1.50. The van der Waals surface area contributed by atoms with Crippen LogP contribution in [0.3, 0.4) is 0 Å². The fraction of sp³-hybridized carbons (Fsp3) is 0.333. The highest BCUT2D eigenvalue weighted by Gasteiger charge is 2.28. The SMILES string of the molecule is C=CCOCC(O)Cc1c(F)c(F)c(F)c(F)c1OF. The minimum atomic E-state index is -2.20. The summed E-state index contributed by atoms with van der Waals surface area (Å²) in [5.41, 5.74) is -0.960. The van der Waals surface area contributed by atoms with Gasteiger partial charge in [0, 0.05) is 16.5 Å². The van der Waals surface area contributed by atoms with Crippen LogP contribution in [0.1, 0.15) is 5.56 Å². The van der Waals surface area contributed by atoms with Gasteiger partial charge in [0.15, 0.2) is 11.6 Å². The molecule has 1 aromatic carbocycles. The van der Waals surface area contributed by atoms with E-state index in [4.69, 9.17) is 4.74 Å². The molecular formula is C12H11F5O3. The maximum atomic E-state index is 13.4. The summed E-state index contributed by atoms with van der Waals surface area (Å²) in [5, 5.41) is 9.48. The van der Waals surface area contributed by atoms with Crippen molar-refractivity contribution in [3.05, 3.63) is 41.5 Å². The molecule has 0 bridgehead atoms. The molecule has 0 aliphatic carbocycles. The highest BCUT2D eigenvalue weighted by molar-refractivity contribution is 5.38. The van der Waals surface area contributed by atoms with Crippen LogP contribution < -0.4 is 4.94 Å². The third-order valence-corrected chi connectivity index (χ3v) is 2.38. The van der Waals surface area contributed by atoms with Gasteiger partial charge < -0.3 is 9.84 Å². The van der Waals surface area contributed by atoms with Crippen molar-refractivity contribution in [2.24, 2.45) is 0 Å². The van der Waals surface area contributed by atoms with Gasteiger partial charge in [0.2, 0.25) is 17.4 Å². The van der Waals surface area contributed by atoms with Gasteiger partial charge in [-0.25, -0.2) is 13.2 Å². The van der Waals surface area contributed by atoms with Crippen molar-refractivity contribution in [3.8, 4) is 5.75 Å². The van der Waals surface area contributed by atoms with Crippen LogP contribution >= 0.6 is 0 Å². The van der Waals surface area contributed by atoms with Gasteiger partial charge in [0.05, 0.1) is 19.3 Å². The molecule has 0 spiro atoms. The molecule has 1 aromatic rings. The molecule has 1 unspecified atom stereocenters. The van der Waals surface area contributed by atoms with Gasteiger partial charge in [-0.3, -0.25) is 4.94 Å². The first-order valence-electron chi connectivity index (χ1n) is 5.44. The standard InChI is InChI=1S/C12H11F5O3/c1-2-3-19-5-6(18)4-7-8(13)9(14)10(15)11(16)12(7)20-17/h2,6,18H,1,3-5H2. The molecule has 0 heterocycles. The van der Waals surface area contributed by atoms with Crippen LogP contribution in [0.2, 0.25) is 0 Å². The minimum Gasteiger partial charge on any atom is -0.390 e. The quantitative estimate of drug-likeness (QED) is 0.276. The molecule has 20 heavy (non-hydrogen) atoms. The van der Waals surface area contributed by atoms with Crippen molar-refractivity contribution in [2.75, 3.05) is 13.2 Å². The number of aliphatic hydroxyl groups is 1. The van der Waals surface area contributed by atoms with E-state index in [0.29, 0.717) is 0 Å². The highest BCUT2D eigenvalue weighted by Crippen LogP contribution is 2.31. The van der Waals surface area contributed by atoms with Gasteiger partial charge in [-0.2, -0.15) is 4.39 Å². The van der Waals surface area contributed by atoms with Gasteiger partial charge in [-0.15, -0.1) is 6.58 Å². The third-order valence-electron chi connectivity index (χ3n) is 2.38. The average Bonchev–Trinajstić information content (AvgIpc) is 2.43. The summed E-state index contributed by atoms with van der Waals surface area (Å²) in [4.78, 5) is 3.03. The van der Waals surface area contributed by atoms with Gasteiger partial charge in [0.1, 0.15) is 0 Å². The van der Waals surface area contributed by atoms with E-state index in [1.807, 2.05) is 0 Å². The zero-order chi connectivity index (χ0) is 15.3. The van der Waals surface area contributed by atoms with Crippen molar-refractivity contribution in [3.63, 3.8) is 0 Å². The van der Waals surface area contributed by atoms with E-state index in [0.717, 1.165) is 0 Å². The predicted molar refractivity (Wildman–Crippen MR) is 58.7 cm³/mol.